The molecule has 134 valence electrons. The van der Waals surface area contributed by atoms with E-state index in [4.69, 9.17) is 12.2 Å². The standard InChI is InChI=1S/C19H30N2O2S/c1-4-5-9-16-11-12-17(15(2)14-16)21-19(24)20-13-8-6-7-10-18(22)23-3/h11-12,14H,4-10,13H2,1-3H3,(H2,20,21,24). The Balaban J connectivity index is 2.26. The summed E-state index contributed by atoms with van der Waals surface area (Å²) in [6, 6.07) is 6.50. The number of carbonyl (C=O) groups is 1. The Morgan fingerprint density at radius 2 is 2.00 bits per heavy atom. The normalized spacial score (nSPS) is 10.3. The smallest absolute Gasteiger partial charge is 0.305 e. The molecular formula is C19H30N2O2S. The number of rotatable bonds is 10. The Bertz CT molecular complexity index is 532. The highest BCUT2D eigenvalue weighted by Gasteiger charge is 2.03. The van der Waals surface area contributed by atoms with Gasteiger partial charge in [-0.2, -0.15) is 0 Å². The summed E-state index contributed by atoms with van der Waals surface area (Å²) in [4.78, 5) is 11.0. The minimum absolute atomic E-state index is 0.141. The van der Waals surface area contributed by atoms with Crippen LogP contribution in [0.2, 0.25) is 0 Å². The first-order chi connectivity index (χ1) is 11.6. The summed E-state index contributed by atoms with van der Waals surface area (Å²) >= 11 is 5.34. The van der Waals surface area contributed by atoms with Gasteiger partial charge in [0.15, 0.2) is 5.11 Å². The fourth-order valence-corrected chi connectivity index (χ4v) is 2.66. The lowest BCUT2D eigenvalue weighted by Gasteiger charge is -2.13. The maximum absolute atomic E-state index is 11.0. The van der Waals surface area contributed by atoms with E-state index in [1.807, 2.05) is 0 Å². The first-order valence-electron chi connectivity index (χ1n) is 8.78. The maximum Gasteiger partial charge on any atom is 0.305 e. The number of thiocarbonyl (C=S) groups is 1. The molecule has 0 heterocycles. The van der Waals surface area contributed by atoms with Crippen LogP contribution in [0.25, 0.3) is 0 Å². The highest BCUT2D eigenvalue weighted by molar-refractivity contribution is 7.80. The molecule has 1 rings (SSSR count). The van der Waals surface area contributed by atoms with Gasteiger partial charge in [-0.05, 0) is 62.0 Å². The molecule has 24 heavy (non-hydrogen) atoms. The number of esters is 1. The minimum Gasteiger partial charge on any atom is -0.469 e. The van der Waals surface area contributed by atoms with Crippen molar-refractivity contribution < 1.29 is 9.53 Å². The van der Waals surface area contributed by atoms with E-state index in [1.165, 1.54) is 31.1 Å². The molecule has 1 aromatic rings. The Kier molecular flexibility index (Phi) is 10.1. The lowest BCUT2D eigenvalue weighted by molar-refractivity contribution is -0.140. The molecule has 1 aromatic carbocycles. The lowest BCUT2D eigenvalue weighted by atomic mass is 10.0. The van der Waals surface area contributed by atoms with Crippen LogP contribution < -0.4 is 10.6 Å². The monoisotopic (exact) mass is 350 g/mol. The molecule has 0 spiro atoms. The number of ether oxygens (including phenoxy) is 1. The summed E-state index contributed by atoms with van der Waals surface area (Å²) in [5.41, 5.74) is 3.65. The molecule has 0 atom stereocenters. The van der Waals surface area contributed by atoms with Crippen molar-refractivity contribution in [1.82, 2.24) is 5.32 Å². The van der Waals surface area contributed by atoms with Crippen LogP contribution in [0.1, 0.15) is 56.6 Å². The Hall–Kier alpha value is -1.62. The third kappa shape index (κ3) is 8.29. The van der Waals surface area contributed by atoms with Crippen LogP contribution in [0.5, 0.6) is 0 Å². The Morgan fingerprint density at radius 1 is 1.21 bits per heavy atom. The van der Waals surface area contributed by atoms with Gasteiger partial charge in [-0.1, -0.05) is 31.9 Å². The molecule has 5 heteroatoms. The average Bonchev–Trinajstić information content (AvgIpc) is 2.58. The molecule has 0 aliphatic heterocycles. The fourth-order valence-electron chi connectivity index (χ4n) is 2.44. The van der Waals surface area contributed by atoms with Crippen LogP contribution in [0, 0.1) is 6.92 Å². The van der Waals surface area contributed by atoms with Gasteiger partial charge >= 0.3 is 5.97 Å². The Morgan fingerprint density at radius 3 is 2.67 bits per heavy atom. The molecule has 0 unspecified atom stereocenters. The van der Waals surface area contributed by atoms with E-state index in [0.717, 1.165) is 37.9 Å². The quantitative estimate of drug-likeness (QED) is 0.373. The van der Waals surface area contributed by atoms with E-state index in [1.54, 1.807) is 0 Å². The summed E-state index contributed by atoms with van der Waals surface area (Å²) in [6.07, 6.45) is 6.87. The number of aryl methyl sites for hydroxylation is 2. The number of methoxy groups -OCH3 is 1. The molecule has 4 nitrogen and oxygen atoms in total. The van der Waals surface area contributed by atoms with Gasteiger partial charge in [0.25, 0.3) is 0 Å². The number of anilines is 1. The number of nitrogens with one attached hydrogen (secondary N) is 2. The van der Waals surface area contributed by atoms with E-state index in [0.29, 0.717) is 11.5 Å². The molecule has 0 bridgehead atoms. The highest BCUT2D eigenvalue weighted by atomic mass is 32.1. The number of hydrogen-bond acceptors (Lipinski definition) is 3. The second kappa shape index (κ2) is 11.8. The van der Waals surface area contributed by atoms with Crippen molar-refractivity contribution in [1.29, 1.82) is 0 Å². The molecule has 0 aromatic heterocycles. The van der Waals surface area contributed by atoms with E-state index < -0.39 is 0 Å². The second-order valence-electron chi connectivity index (χ2n) is 6.02. The van der Waals surface area contributed by atoms with Gasteiger partial charge in [-0.15, -0.1) is 0 Å². The molecule has 0 amide bonds. The number of hydrogen-bond donors (Lipinski definition) is 2. The molecular weight excluding hydrogens is 320 g/mol. The molecule has 0 saturated heterocycles. The number of unbranched alkanes of at least 4 members (excludes halogenated alkanes) is 3. The summed E-state index contributed by atoms with van der Waals surface area (Å²) in [5, 5.41) is 7.12. The first kappa shape index (κ1) is 20.4. The van der Waals surface area contributed by atoms with Crippen molar-refractivity contribution in [3.05, 3.63) is 29.3 Å². The van der Waals surface area contributed by atoms with E-state index >= 15 is 0 Å². The predicted molar refractivity (Wildman–Crippen MR) is 104 cm³/mol. The summed E-state index contributed by atoms with van der Waals surface area (Å²) < 4.78 is 4.62. The highest BCUT2D eigenvalue weighted by Crippen LogP contribution is 2.17. The molecule has 0 fully saturated rings. The maximum atomic E-state index is 11.0. The number of benzene rings is 1. The zero-order valence-corrected chi connectivity index (χ0v) is 15.9. The third-order valence-corrected chi connectivity index (χ3v) is 4.18. The fraction of sp³-hybridized carbons (Fsp3) is 0.579. The van der Waals surface area contributed by atoms with Crippen LogP contribution in [0.3, 0.4) is 0 Å². The third-order valence-electron chi connectivity index (χ3n) is 3.93. The summed E-state index contributed by atoms with van der Waals surface area (Å²) in [7, 11) is 1.42. The van der Waals surface area contributed by atoms with Gasteiger partial charge in [0.2, 0.25) is 0 Å². The Labute approximate surface area is 151 Å². The van der Waals surface area contributed by atoms with Gasteiger partial charge in [0.05, 0.1) is 7.11 Å². The van der Waals surface area contributed by atoms with Crippen LogP contribution in [0.4, 0.5) is 5.69 Å². The lowest BCUT2D eigenvalue weighted by Crippen LogP contribution is -2.29. The van der Waals surface area contributed by atoms with Crippen LogP contribution in [-0.2, 0) is 16.0 Å². The van der Waals surface area contributed by atoms with Crippen molar-refractivity contribution in [3.8, 4) is 0 Å². The van der Waals surface area contributed by atoms with Gasteiger partial charge in [0.1, 0.15) is 0 Å². The largest absolute Gasteiger partial charge is 0.469 e. The number of carbonyl (C=O) groups excluding carboxylic acids is 1. The van der Waals surface area contributed by atoms with Gasteiger partial charge < -0.3 is 15.4 Å². The van der Waals surface area contributed by atoms with Crippen LogP contribution in [-0.4, -0.2) is 24.7 Å². The van der Waals surface area contributed by atoms with E-state index in [2.05, 4.69) is 47.4 Å². The molecule has 0 aliphatic carbocycles. The van der Waals surface area contributed by atoms with Crippen molar-refractivity contribution in [2.24, 2.45) is 0 Å². The topological polar surface area (TPSA) is 50.4 Å². The van der Waals surface area contributed by atoms with Crippen molar-refractivity contribution in [2.75, 3.05) is 19.0 Å². The first-order valence-corrected chi connectivity index (χ1v) is 9.18. The molecule has 0 radical (unpaired) electrons. The van der Waals surface area contributed by atoms with Gasteiger partial charge in [-0.25, -0.2) is 0 Å². The van der Waals surface area contributed by atoms with Crippen molar-refractivity contribution in [2.45, 2.75) is 58.8 Å². The zero-order valence-electron chi connectivity index (χ0n) is 15.1. The predicted octanol–water partition coefficient (Wildman–Crippen LogP) is 4.36. The van der Waals surface area contributed by atoms with Crippen molar-refractivity contribution in [3.63, 3.8) is 0 Å². The van der Waals surface area contributed by atoms with Gasteiger partial charge in [-0.3, -0.25) is 4.79 Å². The van der Waals surface area contributed by atoms with Gasteiger partial charge in [0, 0.05) is 18.7 Å². The zero-order chi connectivity index (χ0) is 17.8. The summed E-state index contributed by atoms with van der Waals surface area (Å²) in [5.74, 6) is -0.141. The van der Waals surface area contributed by atoms with E-state index in [9.17, 15) is 4.79 Å². The van der Waals surface area contributed by atoms with E-state index in [-0.39, 0.29) is 5.97 Å². The summed E-state index contributed by atoms with van der Waals surface area (Å²) in [6.45, 7) is 5.12. The molecule has 2 N–H and O–H groups in total. The van der Waals surface area contributed by atoms with Crippen molar-refractivity contribution >= 4 is 29.0 Å². The average molecular weight is 351 g/mol. The van der Waals surface area contributed by atoms with Crippen LogP contribution >= 0.6 is 12.2 Å². The van der Waals surface area contributed by atoms with Crippen LogP contribution in [0.15, 0.2) is 18.2 Å². The molecule has 0 saturated carbocycles. The second-order valence-corrected chi connectivity index (χ2v) is 6.43. The molecule has 0 aliphatic rings. The SMILES string of the molecule is CCCCc1ccc(NC(=S)NCCCCCC(=O)OC)c(C)c1. The minimum atomic E-state index is -0.141.